The number of amides is 5. The Labute approximate surface area is 324 Å². The maximum Gasteiger partial charge on any atom is 0.330 e. The molecule has 4 heterocycles. The summed E-state index contributed by atoms with van der Waals surface area (Å²) < 4.78 is 6.61. The molecule has 0 aliphatic carbocycles. The molecule has 7 atom stereocenters. The normalized spacial score (nSPS) is 19.4. The van der Waals surface area contributed by atoms with Gasteiger partial charge in [-0.2, -0.15) is 0 Å². The number of aliphatic hydroxyl groups excluding tert-OH is 2. The fraction of sp³-hybridized carbons (Fsp3) is 0.368. The van der Waals surface area contributed by atoms with Crippen LogP contribution < -0.4 is 43.6 Å². The molecule has 0 unspecified atom stereocenters. The van der Waals surface area contributed by atoms with Crippen LogP contribution in [0.25, 0.3) is 21.8 Å². The van der Waals surface area contributed by atoms with Crippen molar-refractivity contribution in [1.29, 1.82) is 0 Å². The molecular weight excluding hydrogens is 740 g/mol. The van der Waals surface area contributed by atoms with E-state index in [0.717, 1.165) is 49.8 Å². The summed E-state index contributed by atoms with van der Waals surface area (Å²) in [6.45, 7) is 1.40. The molecule has 1 saturated heterocycles. The molecule has 1 aliphatic rings. The van der Waals surface area contributed by atoms with Crippen LogP contribution in [0.15, 0.2) is 82.8 Å². The molecule has 0 radical (unpaired) electrons. The first kappa shape index (κ1) is 40.4. The molecule has 6 rings (SSSR count). The van der Waals surface area contributed by atoms with Gasteiger partial charge in [0, 0.05) is 72.5 Å². The van der Waals surface area contributed by atoms with Gasteiger partial charge in [-0.1, -0.05) is 43.3 Å². The van der Waals surface area contributed by atoms with E-state index in [0.29, 0.717) is 13.0 Å². The number of aromatic nitrogens is 4. The van der Waals surface area contributed by atoms with Gasteiger partial charge in [0.2, 0.25) is 17.7 Å². The summed E-state index contributed by atoms with van der Waals surface area (Å²) in [5.41, 5.74) is 7.96. The Morgan fingerprint density at radius 2 is 1.46 bits per heavy atom. The zero-order chi connectivity index (χ0) is 40.6. The highest BCUT2D eigenvalue weighted by molar-refractivity contribution is 5.93. The van der Waals surface area contributed by atoms with E-state index in [-0.39, 0.29) is 12.8 Å². The Balaban J connectivity index is 1.18. The number of aliphatic hydroxyl groups is 2. The molecule has 3 aromatic heterocycles. The Hall–Kier alpha value is -6.28. The molecule has 302 valence electrons. The van der Waals surface area contributed by atoms with E-state index in [1.165, 1.54) is 0 Å². The predicted molar refractivity (Wildman–Crippen MR) is 208 cm³/mol. The van der Waals surface area contributed by atoms with Crippen LogP contribution in [0.2, 0.25) is 0 Å². The van der Waals surface area contributed by atoms with Gasteiger partial charge in [0.15, 0.2) is 6.23 Å². The summed E-state index contributed by atoms with van der Waals surface area (Å²) in [4.78, 5) is 86.2. The van der Waals surface area contributed by atoms with Gasteiger partial charge in [-0.15, -0.1) is 0 Å². The Morgan fingerprint density at radius 3 is 2.11 bits per heavy atom. The van der Waals surface area contributed by atoms with Gasteiger partial charge in [-0.25, -0.2) is 9.59 Å². The highest BCUT2D eigenvalue weighted by Gasteiger charge is 2.44. The van der Waals surface area contributed by atoms with Crippen molar-refractivity contribution in [2.24, 2.45) is 5.73 Å². The molecule has 0 spiro atoms. The summed E-state index contributed by atoms with van der Waals surface area (Å²) in [5, 5.41) is 36.4. The molecule has 5 amide bonds. The number of ether oxygens (including phenoxy) is 1. The number of nitrogens with zero attached hydrogens (tertiary/aromatic N) is 1. The van der Waals surface area contributed by atoms with Crippen molar-refractivity contribution in [3.63, 3.8) is 0 Å². The van der Waals surface area contributed by atoms with Crippen LogP contribution in [0.5, 0.6) is 0 Å². The topological polar surface area (TPSA) is 291 Å². The summed E-state index contributed by atoms with van der Waals surface area (Å²) in [5.74, 6) is -2.16. The molecular formula is C38H46N10O9. The number of para-hydroxylation sites is 2. The zero-order valence-corrected chi connectivity index (χ0v) is 31.0. The second-order valence-corrected chi connectivity index (χ2v) is 13.8. The largest absolute Gasteiger partial charge is 0.387 e. The van der Waals surface area contributed by atoms with Crippen LogP contribution in [0.4, 0.5) is 4.79 Å². The second-order valence-electron chi connectivity index (χ2n) is 13.8. The fourth-order valence-electron chi connectivity index (χ4n) is 6.70. The molecule has 57 heavy (non-hydrogen) atoms. The SMILES string of the molecule is CCCNC(=O)N[C@@H](Cc1c[nH]c2ccccc12)C(=O)N[C@@H](CNC(=O)[C@@H](N)Cc1c[nH]c2ccccc12)C(=O)NC[C@H]1O[C@@H](n2ccc(=O)[nH]c2=O)[C@H](O)[C@@H]1O. The van der Waals surface area contributed by atoms with Crippen LogP contribution in [0, 0.1) is 0 Å². The van der Waals surface area contributed by atoms with Crippen molar-refractivity contribution in [3.05, 3.63) is 105 Å². The van der Waals surface area contributed by atoms with Gasteiger partial charge in [0.25, 0.3) is 5.56 Å². The number of nitrogens with two attached hydrogens (primary N) is 1. The summed E-state index contributed by atoms with van der Waals surface area (Å²) in [6, 6.07) is 11.8. The number of rotatable bonds is 16. The number of H-pyrrole nitrogens is 3. The van der Waals surface area contributed by atoms with Crippen LogP contribution in [0.3, 0.4) is 0 Å². The van der Waals surface area contributed by atoms with E-state index in [4.69, 9.17) is 10.5 Å². The van der Waals surface area contributed by atoms with Crippen molar-refractivity contribution in [2.45, 2.75) is 68.9 Å². The van der Waals surface area contributed by atoms with E-state index >= 15 is 0 Å². The van der Waals surface area contributed by atoms with Gasteiger partial charge >= 0.3 is 11.7 Å². The van der Waals surface area contributed by atoms with Crippen molar-refractivity contribution < 1.29 is 34.1 Å². The Morgan fingerprint density at radius 1 is 0.807 bits per heavy atom. The van der Waals surface area contributed by atoms with Gasteiger partial charge in [0.1, 0.15) is 30.4 Å². The number of hydrogen-bond acceptors (Lipinski definition) is 10. The lowest BCUT2D eigenvalue weighted by atomic mass is 10.0. The minimum atomic E-state index is -1.61. The number of nitrogens with one attached hydrogen (secondary N) is 8. The standard InChI is InChI=1S/C38H46N10O9/c1-2-12-40-37(55)46-27(15-21-17-42-26-10-6-4-8-23(21)26)35(54)45-28(18-43-33(52)24(39)14-20-16-41-25-9-5-3-7-22(20)25)34(53)44-19-29-31(50)32(51)36(57-29)48-13-11-30(49)47-38(48)56/h3-11,13,16-17,24,27-29,31-32,36,41-42,50-51H,2,12,14-15,18-19,39H2,1H3,(H,43,52)(H,44,53)(H,45,54)(H2,40,46,55)(H,47,49,56)/t24-,27-,28-,29+,31+,32+,36+/m0/s1. The smallest absolute Gasteiger partial charge is 0.330 e. The third-order valence-electron chi connectivity index (χ3n) is 9.76. The number of carbonyl (C=O) groups is 4. The first-order valence-corrected chi connectivity index (χ1v) is 18.5. The first-order chi connectivity index (χ1) is 27.4. The fourth-order valence-corrected chi connectivity index (χ4v) is 6.70. The molecule has 12 N–H and O–H groups in total. The first-order valence-electron chi connectivity index (χ1n) is 18.5. The lowest BCUT2D eigenvalue weighted by Crippen LogP contribution is -2.59. The highest BCUT2D eigenvalue weighted by atomic mass is 16.6. The van der Waals surface area contributed by atoms with E-state index < -0.39 is 90.8 Å². The van der Waals surface area contributed by atoms with Crippen LogP contribution in [-0.4, -0.2) is 110 Å². The monoisotopic (exact) mass is 786 g/mol. The number of urea groups is 1. The summed E-state index contributed by atoms with van der Waals surface area (Å²) in [6.07, 6.45) is -0.365. The quantitative estimate of drug-likeness (QED) is 0.0564. The molecule has 5 aromatic rings. The van der Waals surface area contributed by atoms with E-state index in [1.807, 2.05) is 60.4 Å². The van der Waals surface area contributed by atoms with Crippen molar-refractivity contribution in [2.75, 3.05) is 19.6 Å². The van der Waals surface area contributed by atoms with E-state index in [2.05, 4.69) is 36.6 Å². The van der Waals surface area contributed by atoms with Gasteiger partial charge in [0.05, 0.1) is 6.04 Å². The predicted octanol–water partition coefficient (Wildman–Crippen LogP) is -1.27. The highest BCUT2D eigenvalue weighted by Crippen LogP contribution is 2.28. The van der Waals surface area contributed by atoms with Crippen LogP contribution >= 0.6 is 0 Å². The summed E-state index contributed by atoms with van der Waals surface area (Å²) in [7, 11) is 0. The van der Waals surface area contributed by atoms with Gasteiger partial charge < -0.3 is 57.2 Å². The van der Waals surface area contributed by atoms with Gasteiger partial charge in [-0.05, 0) is 36.1 Å². The molecule has 2 aromatic carbocycles. The third kappa shape index (κ3) is 9.58. The third-order valence-corrected chi connectivity index (χ3v) is 9.76. The average Bonchev–Trinajstić information content (AvgIpc) is 3.89. The summed E-state index contributed by atoms with van der Waals surface area (Å²) >= 11 is 0. The van der Waals surface area contributed by atoms with Crippen LogP contribution in [0.1, 0.15) is 30.7 Å². The van der Waals surface area contributed by atoms with Crippen molar-refractivity contribution in [3.8, 4) is 0 Å². The second kappa shape index (κ2) is 18.1. The van der Waals surface area contributed by atoms with Crippen molar-refractivity contribution in [1.82, 2.24) is 46.1 Å². The minimum Gasteiger partial charge on any atom is -0.387 e. The number of fused-ring (bicyclic) bond motifs is 2. The molecule has 19 heteroatoms. The molecule has 1 aliphatic heterocycles. The average molecular weight is 787 g/mol. The lowest BCUT2D eigenvalue weighted by molar-refractivity contribution is -0.131. The molecule has 0 bridgehead atoms. The Kier molecular flexibility index (Phi) is 12.8. The number of hydrogen-bond donors (Lipinski definition) is 11. The lowest BCUT2D eigenvalue weighted by Gasteiger charge is -2.25. The van der Waals surface area contributed by atoms with Gasteiger partial charge in [-0.3, -0.25) is 28.7 Å². The van der Waals surface area contributed by atoms with E-state index in [1.54, 1.807) is 12.4 Å². The Bertz CT molecular complexity index is 2330. The minimum absolute atomic E-state index is 0.0388. The maximum atomic E-state index is 14.0. The molecule has 19 nitrogen and oxygen atoms in total. The number of carbonyl (C=O) groups excluding carboxylic acids is 4. The number of benzene rings is 2. The number of aromatic amines is 3. The molecule has 0 saturated carbocycles. The maximum absolute atomic E-state index is 14.0. The van der Waals surface area contributed by atoms with Crippen LogP contribution in [-0.2, 0) is 32.0 Å². The zero-order valence-electron chi connectivity index (χ0n) is 31.0. The van der Waals surface area contributed by atoms with Crippen molar-refractivity contribution >= 4 is 45.6 Å². The molecule has 1 fully saturated rings. The van der Waals surface area contributed by atoms with E-state index in [9.17, 15) is 39.0 Å².